The van der Waals surface area contributed by atoms with Gasteiger partial charge in [-0.05, 0) is 92.3 Å². The molecule has 9 nitrogen and oxygen atoms in total. The van der Waals surface area contributed by atoms with Gasteiger partial charge in [0.25, 0.3) is 0 Å². The van der Waals surface area contributed by atoms with E-state index < -0.39 is 6.04 Å². The van der Waals surface area contributed by atoms with E-state index in [1.54, 1.807) is 4.90 Å². The SMILES string of the molecule is Cc1cn(CCCN(Cc2ccccc2)C(=O)[C@H]2CN([C@@H]3c4ccc(Cl)cc4CCc4cccnc43)CCN2C(=O)OC2CCCC2)cn1. The first-order chi connectivity index (χ1) is 23.9. The molecule has 2 fully saturated rings. The van der Waals surface area contributed by atoms with Gasteiger partial charge in [-0.3, -0.25) is 19.6 Å². The zero-order valence-electron chi connectivity index (χ0n) is 28.2. The van der Waals surface area contributed by atoms with Crippen LogP contribution in [0.4, 0.5) is 4.79 Å². The number of halogens is 1. The number of imidazole rings is 1. The Bertz CT molecular complexity index is 1760. The van der Waals surface area contributed by atoms with E-state index in [0.717, 1.165) is 74.0 Å². The molecule has 2 aromatic heterocycles. The minimum atomic E-state index is -0.715. The van der Waals surface area contributed by atoms with Crippen LogP contribution >= 0.6 is 11.6 Å². The zero-order chi connectivity index (χ0) is 33.7. The standard InChI is InChI=1S/C39H45ClN6O3/c1-28-24-43(27-42-28)19-8-20-45(25-29-9-3-2-4-10-29)38(47)35-26-44(21-22-46(35)39(48)49-33-12-5-6-13-33)37-34-17-16-32(40)23-31(34)15-14-30-11-7-18-41-36(30)37/h2-4,7,9-11,16-18,23-24,27,33,35,37H,5-6,8,12-15,19-22,25-26H2,1H3/t35-,37-/m1/s1. The Labute approximate surface area is 293 Å². The van der Waals surface area contributed by atoms with Crippen molar-refractivity contribution in [3.63, 3.8) is 0 Å². The number of hydrogen-bond donors (Lipinski definition) is 0. The first-order valence-corrected chi connectivity index (χ1v) is 18.1. The summed E-state index contributed by atoms with van der Waals surface area (Å²) in [6.07, 6.45) is 11.6. The second-order valence-corrected chi connectivity index (χ2v) is 14.1. The van der Waals surface area contributed by atoms with Crippen LogP contribution in [0.15, 0.2) is 79.4 Å². The first kappa shape index (κ1) is 33.3. The average molecular weight is 681 g/mol. The third-order valence-electron chi connectivity index (χ3n) is 10.2. The molecule has 2 atom stereocenters. The van der Waals surface area contributed by atoms with E-state index in [9.17, 15) is 9.59 Å². The van der Waals surface area contributed by atoms with Gasteiger partial charge in [0.1, 0.15) is 12.1 Å². The van der Waals surface area contributed by atoms with E-state index in [0.29, 0.717) is 37.7 Å². The smallest absolute Gasteiger partial charge is 0.410 e. The van der Waals surface area contributed by atoms with Gasteiger partial charge in [-0.1, -0.05) is 54.1 Å². The Morgan fingerprint density at radius 3 is 2.59 bits per heavy atom. The minimum Gasteiger partial charge on any atom is -0.446 e. The van der Waals surface area contributed by atoms with Crippen LogP contribution < -0.4 is 0 Å². The van der Waals surface area contributed by atoms with Crippen molar-refractivity contribution in [3.8, 4) is 0 Å². The number of carbonyl (C=O) groups excluding carboxylic acids is 2. The molecule has 1 aliphatic heterocycles. The molecule has 0 bridgehead atoms. The summed E-state index contributed by atoms with van der Waals surface area (Å²) in [5.74, 6) is -0.0649. The highest BCUT2D eigenvalue weighted by Gasteiger charge is 2.43. The van der Waals surface area contributed by atoms with Gasteiger partial charge in [-0.2, -0.15) is 0 Å². The number of piperazine rings is 1. The monoisotopic (exact) mass is 680 g/mol. The summed E-state index contributed by atoms with van der Waals surface area (Å²) in [6.45, 7) is 5.07. The third kappa shape index (κ3) is 7.68. The van der Waals surface area contributed by atoms with Crippen molar-refractivity contribution >= 4 is 23.6 Å². The van der Waals surface area contributed by atoms with Crippen molar-refractivity contribution in [3.05, 3.63) is 118 Å². The van der Waals surface area contributed by atoms with Gasteiger partial charge < -0.3 is 14.2 Å². The number of pyridine rings is 1. The number of nitrogens with zero attached hydrogens (tertiary/aromatic N) is 6. The molecule has 2 aliphatic carbocycles. The number of fused-ring (bicyclic) bond motifs is 2. The van der Waals surface area contributed by atoms with E-state index in [4.69, 9.17) is 21.3 Å². The number of amides is 2. The van der Waals surface area contributed by atoms with Crippen molar-refractivity contribution in [1.29, 1.82) is 0 Å². The lowest BCUT2D eigenvalue weighted by Crippen LogP contribution is -2.62. The number of benzene rings is 2. The van der Waals surface area contributed by atoms with Crippen LogP contribution in [-0.2, 0) is 35.5 Å². The normalized spacial score (nSPS) is 19.6. The first-order valence-electron chi connectivity index (χ1n) is 17.7. The molecule has 1 saturated carbocycles. The fourth-order valence-corrected chi connectivity index (χ4v) is 7.95. The lowest BCUT2D eigenvalue weighted by Gasteiger charge is -2.45. The van der Waals surface area contributed by atoms with Crippen LogP contribution in [0.1, 0.15) is 71.8 Å². The Morgan fingerprint density at radius 2 is 1.80 bits per heavy atom. The molecule has 0 N–H and O–H groups in total. The highest BCUT2D eigenvalue weighted by Crippen LogP contribution is 2.38. The summed E-state index contributed by atoms with van der Waals surface area (Å²) in [5.41, 5.74) is 6.58. The van der Waals surface area contributed by atoms with Gasteiger partial charge in [0.05, 0.1) is 23.8 Å². The van der Waals surface area contributed by atoms with Crippen LogP contribution in [0.5, 0.6) is 0 Å². The van der Waals surface area contributed by atoms with E-state index in [1.807, 2.05) is 60.9 Å². The number of carbonyl (C=O) groups is 2. The Hall–Kier alpha value is -4.21. The maximum Gasteiger partial charge on any atom is 0.410 e. The molecule has 10 heteroatoms. The summed E-state index contributed by atoms with van der Waals surface area (Å²) in [4.78, 5) is 44.1. The van der Waals surface area contributed by atoms with Gasteiger partial charge in [0.2, 0.25) is 5.91 Å². The molecule has 0 radical (unpaired) electrons. The molecule has 256 valence electrons. The van der Waals surface area contributed by atoms with Crippen LogP contribution in [0.3, 0.4) is 0 Å². The maximum atomic E-state index is 14.9. The van der Waals surface area contributed by atoms with Gasteiger partial charge in [0.15, 0.2) is 0 Å². The molecule has 3 heterocycles. The molecular weight excluding hydrogens is 636 g/mol. The van der Waals surface area contributed by atoms with E-state index in [1.165, 1.54) is 11.1 Å². The fraction of sp³-hybridized carbons (Fsp3) is 0.436. The van der Waals surface area contributed by atoms with Crippen LogP contribution in [-0.4, -0.2) is 79.6 Å². The van der Waals surface area contributed by atoms with Crippen molar-refractivity contribution < 1.29 is 14.3 Å². The molecule has 2 amide bonds. The zero-order valence-corrected chi connectivity index (χ0v) is 29.0. The number of rotatable bonds is 9. The molecule has 2 aromatic carbocycles. The van der Waals surface area contributed by atoms with Crippen LogP contribution in [0, 0.1) is 6.92 Å². The van der Waals surface area contributed by atoms with Gasteiger partial charge in [-0.15, -0.1) is 0 Å². The number of aryl methyl sites for hydroxylation is 4. The molecule has 3 aliphatic rings. The lowest BCUT2D eigenvalue weighted by atomic mass is 9.95. The summed E-state index contributed by atoms with van der Waals surface area (Å²) in [6, 6.07) is 19.5. The Balaban J connectivity index is 1.21. The molecular formula is C39H45ClN6O3. The second kappa shape index (κ2) is 15.1. The van der Waals surface area contributed by atoms with Crippen molar-refractivity contribution in [2.75, 3.05) is 26.2 Å². The number of aromatic nitrogens is 3. The van der Waals surface area contributed by atoms with Crippen LogP contribution in [0.2, 0.25) is 5.02 Å². The predicted octanol–water partition coefficient (Wildman–Crippen LogP) is 6.61. The topological polar surface area (TPSA) is 83.8 Å². The van der Waals surface area contributed by atoms with Crippen molar-refractivity contribution in [2.24, 2.45) is 0 Å². The molecule has 49 heavy (non-hydrogen) atoms. The highest BCUT2D eigenvalue weighted by atomic mass is 35.5. The summed E-state index contributed by atoms with van der Waals surface area (Å²) < 4.78 is 8.12. The van der Waals surface area contributed by atoms with Crippen molar-refractivity contribution in [2.45, 2.75) is 83.1 Å². The third-order valence-corrected chi connectivity index (χ3v) is 10.5. The van der Waals surface area contributed by atoms with E-state index in [2.05, 4.69) is 44.8 Å². The summed E-state index contributed by atoms with van der Waals surface area (Å²) in [7, 11) is 0. The quantitative estimate of drug-likeness (QED) is 0.198. The number of ether oxygens (including phenoxy) is 1. The average Bonchev–Trinajstić information content (AvgIpc) is 3.76. The Morgan fingerprint density at radius 1 is 0.980 bits per heavy atom. The molecule has 4 aromatic rings. The molecule has 0 spiro atoms. The molecule has 0 unspecified atom stereocenters. The maximum absolute atomic E-state index is 14.9. The van der Waals surface area contributed by atoms with Crippen molar-refractivity contribution in [1.82, 2.24) is 29.2 Å². The molecule has 7 rings (SSSR count). The second-order valence-electron chi connectivity index (χ2n) is 13.6. The summed E-state index contributed by atoms with van der Waals surface area (Å²) >= 11 is 6.50. The highest BCUT2D eigenvalue weighted by molar-refractivity contribution is 6.30. The van der Waals surface area contributed by atoms with Crippen LogP contribution in [0.25, 0.3) is 0 Å². The fourth-order valence-electron chi connectivity index (χ4n) is 7.76. The van der Waals surface area contributed by atoms with Gasteiger partial charge >= 0.3 is 6.09 Å². The predicted molar refractivity (Wildman–Crippen MR) is 189 cm³/mol. The largest absolute Gasteiger partial charge is 0.446 e. The summed E-state index contributed by atoms with van der Waals surface area (Å²) in [5, 5.41) is 0.714. The number of hydrogen-bond acceptors (Lipinski definition) is 6. The molecule has 1 saturated heterocycles. The van der Waals surface area contributed by atoms with E-state index >= 15 is 0 Å². The lowest BCUT2D eigenvalue weighted by molar-refractivity contribution is -0.140. The van der Waals surface area contributed by atoms with E-state index in [-0.39, 0.29) is 24.1 Å². The minimum absolute atomic E-state index is 0.0649. The van der Waals surface area contributed by atoms with Gasteiger partial charge in [-0.25, -0.2) is 9.78 Å². The van der Waals surface area contributed by atoms with Gasteiger partial charge in [0, 0.05) is 56.7 Å². The Kier molecular flexibility index (Phi) is 10.3.